The van der Waals surface area contributed by atoms with E-state index in [9.17, 15) is 9.90 Å². The number of pyridine rings is 1. The first-order valence-electron chi connectivity index (χ1n) is 5.16. The largest absolute Gasteiger partial charge is 0.506 e. The van der Waals surface area contributed by atoms with E-state index in [0.29, 0.717) is 6.42 Å². The van der Waals surface area contributed by atoms with Gasteiger partial charge >= 0.3 is 11.7 Å². The number of hydrogen-bond acceptors (Lipinski definition) is 3. The van der Waals surface area contributed by atoms with Crippen LogP contribution in [0.2, 0.25) is 0 Å². The van der Waals surface area contributed by atoms with Crippen molar-refractivity contribution in [3.63, 3.8) is 0 Å². The molecule has 1 N–H and O–H groups in total. The molecule has 1 aromatic heterocycles. The van der Waals surface area contributed by atoms with Crippen LogP contribution in [0, 0.1) is 0 Å². The zero-order valence-corrected chi connectivity index (χ0v) is 9.30. The van der Waals surface area contributed by atoms with Gasteiger partial charge in [-0.15, -0.1) is 0 Å². The van der Waals surface area contributed by atoms with E-state index in [1.54, 1.807) is 10.8 Å². The van der Waals surface area contributed by atoms with Crippen LogP contribution in [0.15, 0.2) is 30.2 Å². The summed E-state index contributed by atoms with van der Waals surface area (Å²) < 4.78 is 6.36. The Morgan fingerprint density at radius 3 is 3.00 bits per heavy atom. The van der Waals surface area contributed by atoms with E-state index >= 15 is 0 Å². The highest BCUT2D eigenvalue weighted by Crippen LogP contribution is 2.26. The molecule has 1 aliphatic rings. The number of hydrogen-bond donors (Lipinski definition) is 1. The van der Waals surface area contributed by atoms with Crippen LogP contribution >= 0.6 is 0 Å². The summed E-state index contributed by atoms with van der Waals surface area (Å²) in [5.41, 5.74) is 1.22. The van der Waals surface area contributed by atoms with Crippen molar-refractivity contribution in [2.24, 2.45) is 0 Å². The van der Waals surface area contributed by atoms with Crippen molar-refractivity contribution >= 4 is 11.7 Å². The molecule has 1 aliphatic heterocycles. The van der Waals surface area contributed by atoms with Crippen LogP contribution in [0.25, 0.3) is 5.70 Å². The standard InChI is InChI=1S/C12H13NO3/c1-8-7-10(14)11(12(15)16-2)13-6-4-3-5-9(8)13/h3-6,8H,7H2,1-2H3/p+1. The fraction of sp³-hybridized carbons (Fsp3) is 0.333. The van der Waals surface area contributed by atoms with E-state index in [-0.39, 0.29) is 17.4 Å². The Bertz CT molecular complexity index is 465. The number of aliphatic hydroxyl groups excluding tert-OH is 1. The summed E-state index contributed by atoms with van der Waals surface area (Å²) in [6.07, 6.45) is 2.22. The lowest BCUT2D eigenvalue weighted by molar-refractivity contribution is -0.593. The summed E-state index contributed by atoms with van der Waals surface area (Å²) in [5.74, 6) is -0.237. The number of nitrogens with zero attached hydrogens (tertiary/aromatic N) is 1. The first-order chi connectivity index (χ1) is 7.65. The average molecular weight is 220 g/mol. The highest BCUT2D eigenvalue weighted by Gasteiger charge is 2.36. The summed E-state index contributed by atoms with van der Waals surface area (Å²) in [6.45, 7) is 2.01. The van der Waals surface area contributed by atoms with Gasteiger partial charge in [-0.05, 0) is 0 Å². The summed E-state index contributed by atoms with van der Waals surface area (Å²) in [4.78, 5) is 11.6. The van der Waals surface area contributed by atoms with Gasteiger partial charge in [0, 0.05) is 24.5 Å². The molecule has 2 heterocycles. The zero-order chi connectivity index (χ0) is 11.7. The molecule has 2 rings (SSSR count). The number of allylic oxidation sites excluding steroid dienone is 1. The monoisotopic (exact) mass is 220 g/mol. The number of carbonyl (C=O) groups excluding carboxylic acids is 1. The molecule has 0 bridgehead atoms. The molecular weight excluding hydrogens is 206 g/mol. The fourth-order valence-electron chi connectivity index (χ4n) is 2.00. The Balaban J connectivity index is 2.60. The van der Waals surface area contributed by atoms with E-state index in [4.69, 9.17) is 0 Å². The van der Waals surface area contributed by atoms with Gasteiger partial charge in [-0.25, -0.2) is 4.79 Å². The van der Waals surface area contributed by atoms with Crippen LogP contribution in [0.5, 0.6) is 0 Å². The fourth-order valence-corrected chi connectivity index (χ4v) is 2.00. The lowest BCUT2D eigenvalue weighted by Gasteiger charge is -2.16. The molecule has 0 fully saturated rings. The van der Waals surface area contributed by atoms with Crippen molar-refractivity contribution in [1.29, 1.82) is 0 Å². The van der Waals surface area contributed by atoms with Crippen molar-refractivity contribution in [2.75, 3.05) is 7.11 Å². The van der Waals surface area contributed by atoms with Crippen molar-refractivity contribution in [3.8, 4) is 0 Å². The van der Waals surface area contributed by atoms with Crippen molar-refractivity contribution < 1.29 is 19.2 Å². The number of aliphatic hydroxyl groups is 1. The van der Waals surface area contributed by atoms with Gasteiger partial charge < -0.3 is 9.84 Å². The van der Waals surface area contributed by atoms with E-state index in [2.05, 4.69) is 4.74 Å². The minimum Gasteiger partial charge on any atom is -0.506 e. The predicted octanol–water partition coefficient (Wildman–Crippen LogP) is 1.38. The summed E-state index contributed by atoms with van der Waals surface area (Å²) in [6, 6.07) is 5.68. The van der Waals surface area contributed by atoms with Gasteiger partial charge in [0.15, 0.2) is 17.6 Å². The Kier molecular flexibility index (Phi) is 2.64. The highest BCUT2D eigenvalue weighted by atomic mass is 16.5. The normalized spacial score (nSPS) is 19.2. The molecule has 4 heteroatoms. The summed E-state index contributed by atoms with van der Waals surface area (Å²) >= 11 is 0. The van der Waals surface area contributed by atoms with Gasteiger partial charge in [0.2, 0.25) is 0 Å². The molecule has 16 heavy (non-hydrogen) atoms. The predicted molar refractivity (Wildman–Crippen MR) is 57.5 cm³/mol. The van der Waals surface area contributed by atoms with Gasteiger partial charge in [-0.2, -0.15) is 4.57 Å². The van der Waals surface area contributed by atoms with Crippen LogP contribution in [0.1, 0.15) is 25.0 Å². The quantitative estimate of drug-likeness (QED) is 0.574. The Morgan fingerprint density at radius 1 is 1.56 bits per heavy atom. The third-order valence-corrected chi connectivity index (χ3v) is 2.79. The van der Waals surface area contributed by atoms with Gasteiger partial charge in [0.1, 0.15) is 0 Å². The number of esters is 1. The third-order valence-electron chi connectivity index (χ3n) is 2.79. The molecule has 0 radical (unpaired) electrons. The van der Waals surface area contributed by atoms with Gasteiger partial charge in [-0.3, -0.25) is 0 Å². The number of ether oxygens (including phenoxy) is 1. The second kappa shape index (κ2) is 3.96. The van der Waals surface area contributed by atoms with E-state index < -0.39 is 5.97 Å². The lowest BCUT2D eigenvalue weighted by Crippen LogP contribution is -2.44. The van der Waals surface area contributed by atoms with Crippen molar-refractivity contribution in [3.05, 3.63) is 35.8 Å². The molecular formula is C12H14NO3+. The maximum atomic E-state index is 11.6. The first kappa shape index (κ1) is 10.7. The topological polar surface area (TPSA) is 50.4 Å². The maximum absolute atomic E-state index is 11.6. The molecule has 0 saturated carbocycles. The Labute approximate surface area is 93.8 Å². The highest BCUT2D eigenvalue weighted by molar-refractivity contribution is 6.06. The smallest absolute Gasteiger partial charge is 0.407 e. The van der Waals surface area contributed by atoms with Gasteiger partial charge in [-0.1, -0.05) is 13.0 Å². The number of carbonyl (C=O) groups is 1. The van der Waals surface area contributed by atoms with E-state index in [0.717, 1.165) is 5.69 Å². The molecule has 84 valence electrons. The minimum absolute atomic E-state index is 0.0862. The van der Waals surface area contributed by atoms with Crippen LogP contribution < -0.4 is 4.57 Å². The zero-order valence-electron chi connectivity index (χ0n) is 9.30. The minimum atomic E-state index is -0.512. The Morgan fingerprint density at radius 2 is 2.31 bits per heavy atom. The Hall–Kier alpha value is -1.84. The molecule has 0 aliphatic carbocycles. The molecule has 1 atom stereocenters. The van der Waals surface area contributed by atoms with Crippen LogP contribution in [0.4, 0.5) is 0 Å². The van der Waals surface area contributed by atoms with Crippen LogP contribution in [0.3, 0.4) is 0 Å². The number of fused-ring (bicyclic) bond motifs is 1. The molecule has 0 spiro atoms. The summed E-state index contributed by atoms with van der Waals surface area (Å²) in [7, 11) is 1.31. The van der Waals surface area contributed by atoms with Crippen molar-refractivity contribution in [1.82, 2.24) is 0 Å². The molecule has 1 aromatic rings. The average Bonchev–Trinajstić information content (AvgIpc) is 2.28. The molecule has 1 unspecified atom stereocenters. The second-order valence-electron chi connectivity index (χ2n) is 3.89. The van der Waals surface area contributed by atoms with Crippen molar-refractivity contribution in [2.45, 2.75) is 19.3 Å². The molecule has 4 nitrogen and oxygen atoms in total. The van der Waals surface area contributed by atoms with Gasteiger partial charge in [0.25, 0.3) is 0 Å². The third kappa shape index (κ3) is 1.56. The second-order valence-corrected chi connectivity index (χ2v) is 3.89. The SMILES string of the molecule is COC(=O)C1=C(O)CC(C)c2cccc[n+]21. The molecule has 0 aromatic carbocycles. The number of rotatable bonds is 1. The first-order valence-corrected chi connectivity index (χ1v) is 5.16. The van der Waals surface area contributed by atoms with Crippen LogP contribution in [-0.4, -0.2) is 18.2 Å². The lowest BCUT2D eigenvalue weighted by atomic mass is 9.96. The maximum Gasteiger partial charge on any atom is 0.407 e. The van der Waals surface area contributed by atoms with E-state index in [1.807, 2.05) is 25.1 Å². The van der Waals surface area contributed by atoms with E-state index in [1.165, 1.54) is 7.11 Å². The molecule has 0 amide bonds. The number of aromatic nitrogens is 1. The van der Waals surface area contributed by atoms with Crippen LogP contribution in [-0.2, 0) is 9.53 Å². The van der Waals surface area contributed by atoms with Gasteiger partial charge in [0.05, 0.1) is 7.11 Å². The molecule has 0 saturated heterocycles. The summed E-state index contributed by atoms with van der Waals surface area (Å²) in [5, 5.41) is 9.85. The number of methoxy groups -OCH3 is 1.